The number of aliphatic hydroxyl groups is 1. The van der Waals surface area contributed by atoms with Gasteiger partial charge in [0.2, 0.25) is 5.91 Å². The number of H-pyrrole nitrogens is 1. The van der Waals surface area contributed by atoms with Gasteiger partial charge in [-0.05, 0) is 48.3 Å². The van der Waals surface area contributed by atoms with Crippen molar-refractivity contribution in [2.24, 2.45) is 17.8 Å². The number of hydrogen-bond acceptors (Lipinski definition) is 3. The minimum atomic E-state index is -0.537. The van der Waals surface area contributed by atoms with Crippen LogP contribution < -0.4 is 0 Å². The van der Waals surface area contributed by atoms with E-state index < -0.39 is 6.10 Å². The lowest BCUT2D eigenvalue weighted by atomic mass is 9.91. The predicted octanol–water partition coefficient (Wildman–Crippen LogP) is 2.75. The second kappa shape index (κ2) is 5.49. The predicted molar refractivity (Wildman–Crippen MR) is 88.0 cm³/mol. The van der Waals surface area contributed by atoms with Crippen molar-refractivity contribution < 1.29 is 9.90 Å². The number of amides is 1. The van der Waals surface area contributed by atoms with Gasteiger partial charge in [-0.25, -0.2) is 0 Å². The van der Waals surface area contributed by atoms with Crippen LogP contribution >= 0.6 is 11.6 Å². The average molecular weight is 334 g/mol. The summed E-state index contributed by atoms with van der Waals surface area (Å²) in [7, 11) is 0. The number of halogens is 1. The van der Waals surface area contributed by atoms with Crippen molar-refractivity contribution in [3.05, 3.63) is 28.9 Å². The van der Waals surface area contributed by atoms with Gasteiger partial charge in [-0.2, -0.15) is 5.10 Å². The minimum absolute atomic E-state index is 0.159. The zero-order valence-corrected chi connectivity index (χ0v) is 13.8. The number of aromatic amines is 1. The zero-order valence-electron chi connectivity index (χ0n) is 13.0. The van der Waals surface area contributed by atoms with Gasteiger partial charge in [0.15, 0.2) is 0 Å². The number of nitrogens with one attached hydrogen (secondary N) is 1. The van der Waals surface area contributed by atoms with E-state index in [9.17, 15) is 9.90 Å². The molecule has 2 heterocycles. The smallest absolute Gasteiger partial charge is 0.219 e. The molecule has 1 aliphatic carbocycles. The van der Waals surface area contributed by atoms with Crippen LogP contribution in [-0.4, -0.2) is 39.2 Å². The van der Waals surface area contributed by atoms with Crippen LogP contribution in [0.2, 0.25) is 5.02 Å². The standard InChI is InChI=1S/C17H20ClN3O2/c1-9(22)21-7-11-2-10(3-12(11)8-21)17(23)14-4-13(18)5-16-15(14)6-19-20-16/h4-6,10-12,17,23H,2-3,7-8H2,1H3,(H,19,20)/t10?,11-,12+,17?. The van der Waals surface area contributed by atoms with E-state index in [1.807, 2.05) is 17.0 Å². The topological polar surface area (TPSA) is 69.2 Å². The number of nitrogens with zero attached hydrogens (tertiary/aromatic N) is 2. The maximum Gasteiger partial charge on any atom is 0.219 e. The first-order valence-electron chi connectivity index (χ1n) is 8.09. The summed E-state index contributed by atoms with van der Waals surface area (Å²) in [4.78, 5) is 13.5. The Balaban J connectivity index is 1.56. The number of hydrogen-bond donors (Lipinski definition) is 2. The third-order valence-electron chi connectivity index (χ3n) is 5.55. The molecule has 0 radical (unpaired) electrons. The number of benzene rings is 1. The number of carbonyl (C=O) groups excluding carboxylic acids is 1. The molecule has 5 nitrogen and oxygen atoms in total. The van der Waals surface area contributed by atoms with E-state index in [4.69, 9.17) is 11.6 Å². The Morgan fingerprint density at radius 3 is 2.74 bits per heavy atom. The van der Waals surface area contributed by atoms with E-state index in [2.05, 4.69) is 10.2 Å². The molecule has 2 aromatic rings. The van der Waals surface area contributed by atoms with Gasteiger partial charge >= 0.3 is 0 Å². The Labute approximate surface area is 139 Å². The average Bonchev–Trinajstić information content (AvgIpc) is 3.18. The molecule has 0 bridgehead atoms. The first-order chi connectivity index (χ1) is 11.0. The van der Waals surface area contributed by atoms with E-state index in [-0.39, 0.29) is 11.8 Å². The molecular weight excluding hydrogens is 314 g/mol. The third-order valence-corrected chi connectivity index (χ3v) is 5.77. The molecule has 2 aliphatic rings. The van der Waals surface area contributed by atoms with Crippen LogP contribution in [-0.2, 0) is 4.79 Å². The lowest BCUT2D eigenvalue weighted by Crippen LogP contribution is -2.27. The molecule has 1 aliphatic heterocycles. The SMILES string of the molecule is CC(=O)N1C[C@H]2CC(C(O)c3cc(Cl)cc4[nH]ncc34)C[C@H]2C1. The van der Waals surface area contributed by atoms with Gasteiger partial charge in [0.05, 0.1) is 17.8 Å². The highest BCUT2D eigenvalue weighted by Crippen LogP contribution is 2.47. The summed E-state index contributed by atoms with van der Waals surface area (Å²) in [6, 6.07) is 3.67. The van der Waals surface area contributed by atoms with Crippen LogP contribution in [0.3, 0.4) is 0 Å². The van der Waals surface area contributed by atoms with Crippen molar-refractivity contribution in [2.75, 3.05) is 13.1 Å². The van der Waals surface area contributed by atoms with Crippen LogP contribution in [0.1, 0.15) is 31.4 Å². The molecule has 1 aromatic heterocycles. The zero-order chi connectivity index (χ0) is 16.1. The summed E-state index contributed by atoms with van der Waals surface area (Å²) in [6.45, 7) is 3.30. The van der Waals surface area contributed by atoms with Crippen LogP contribution in [0, 0.1) is 17.8 Å². The van der Waals surface area contributed by atoms with E-state index >= 15 is 0 Å². The van der Waals surface area contributed by atoms with Crippen molar-refractivity contribution in [3.63, 3.8) is 0 Å². The molecular formula is C17H20ClN3O2. The highest BCUT2D eigenvalue weighted by Gasteiger charge is 2.44. The number of rotatable bonds is 2. The lowest BCUT2D eigenvalue weighted by Gasteiger charge is -2.22. The summed E-state index contributed by atoms with van der Waals surface area (Å²) < 4.78 is 0. The Hall–Kier alpha value is -1.59. The lowest BCUT2D eigenvalue weighted by molar-refractivity contribution is -0.128. The van der Waals surface area contributed by atoms with Gasteiger partial charge < -0.3 is 10.0 Å². The van der Waals surface area contributed by atoms with Gasteiger partial charge in [-0.1, -0.05) is 11.6 Å². The summed E-state index contributed by atoms with van der Waals surface area (Å²) in [5.41, 5.74) is 1.71. The number of carbonyl (C=O) groups is 1. The molecule has 2 N–H and O–H groups in total. The molecule has 2 unspecified atom stereocenters. The minimum Gasteiger partial charge on any atom is -0.388 e. The van der Waals surface area contributed by atoms with Crippen molar-refractivity contribution >= 4 is 28.4 Å². The Morgan fingerprint density at radius 2 is 2.09 bits per heavy atom. The Morgan fingerprint density at radius 1 is 1.39 bits per heavy atom. The fraction of sp³-hybridized carbons (Fsp3) is 0.529. The van der Waals surface area contributed by atoms with E-state index in [0.717, 1.165) is 42.4 Å². The van der Waals surface area contributed by atoms with E-state index in [0.29, 0.717) is 16.9 Å². The van der Waals surface area contributed by atoms with Crippen molar-refractivity contribution in [1.29, 1.82) is 0 Å². The number of likely N-dealkylation sites (tertiary alicyclic amines) is 1. The van der Waals surface area contributed by atoms with Gasteiger partial charge in [0.25, 0.3) is 0 Å². The largest absolute Gasteiger partial charge is 0.388 e. The number of fused-ring (bicyclic) bond motifs is 2. The fourth-order valence-electron chi connectivity index (χ4n) is 4.40. The Kier molecular flexibility index (Phi) is 3.58. The number of aliphatic hydroxyl groups excluding tert-OH is 1. The van der Waals surface area contributed by atoms with E-state index in [1.54, 1.807) is 13.1 Å². The molecule has 1 saturated heterocycles. The summed E-state index contributed by atoms with van der Waals surface area (Å²) in [5, 5.41) is 19.4. The molecule has 23 heavy (non-hydrogen) atoms. The van der Waals surface area contributed by atoms with Crippen LogP contribution in [0.15, 0.2) is 18.3 Å². The second-order valence-corrected chi connectivity index (χ2v) is 7.38. The van der Waals surface area contributed by atoms with Gasteiger partial charge in [0, 0.05) is 30.4 Å². The molecule has 1 saturated carbocycles. The highest BCUT2D eigenvalue weighted by atomic mass is 35.5. The van der Waals surface area contributed by atoms with E-state index in [1.165, 1.54) is 0 Å². The van der Waals surface area contributed by atoms with Crippen LogP contribution in [0.4, 0.5) is 0 Å². The maximum atomic E-state index is 11.5. The van der Waals surface area contributed by atoms with Gasteiger partial charge in [-0.3, -0.25) is 9.89 Å². The summed E-state index contributed by atoms with van der Waals surface area (Å²) in [5.74, 6) is 1.40. The van der Waals surface area contributed by atoms with Crippen LogP contribution in [0.25, 0.3) is 10.9 Å². The summed E-state index contributed by atoms with van der Waals surface area (Å²) >= 11 is 6.18. The molecule has 4 rings (SSSR count). The Bertz CT molecular complexity index is 745. The monoisotopic (exact) mass is 333 g/mol. The molecule has 1 amide bonds. The van der Waals surface area contributed by atoms with Gasteiger partial charge in [0.1, 0.15) is 0 Å². The van der Waals surface area contributed by atoms with Crippen molar-refractivity contribution in [3.8, 4) is 0 Å². The fourth-order valence-corrected chi connectivity index (χ4v) is 4.63. The maximum absolute atomic E-state index is 11.5. The molecule has 4 atom stereocenters. The van der Waals surface area contributed by atoms with Crippen molar-refractivity contribution in [1.82, 2.24) is 15.1 Å². The first kappa shape index (κ1) is 15.0. The normalized spacial score (nSPS) is 28.3. The second-order valence-electron chi connectivity index (χ2n) is 6.95. The first-order valence-corrected chi connectivity index (χ1v) is 8.47. The summed E-state index contributed by atoms with van der Waals surface area (Å²) in [6.07, 6.45) is 3.13. The molecule has 0 spiro atoms. The molecule has 122 valence electrons. The molecule has 2 fully saturated rings. The van der Waals surface area contributed by atoms with Crippen LogP contribution in [0.5, 0.6) is 0 Å². The molecule has 6 heteroatoms. The quantitative estimate of drug-likeness (QED) is 0.888. The third kappa shape index (κ3) is 2.52. The highest BCUT2D eigenvalue weighted by molar-refractivity contribution is 6.31. The number of aromatic nitrogens is 2. The van der Waals surface area contributed by atoms with Gasteiger partial charge in [-0.15, -0.1) is 0 Å². The molecule has 1 aromatic carbocycles. The van der Waals surface area contributed by atoms with Crippen molar-refractivity contribution in [2.45, 2.75) is 25.9 Å².